The number of aromatic nitrogens is 3. The summed E-state index contributed by atoms with van der Waals surface area (Å²) in [5, 5.41) is 6.08. The molecule has 2 rings (SSSR count). The highest BCUT2D eigenvalue weighted by Crippen LogP contribution is 2.10. The third-order valence-corrected chi connectivity index (χ3v) is 2.75. The summed E-state index contributed by atoms with van der Waals surface area (Å²) < 4.78 is 13.4. The molecule has 0 aliphatic rings. The van der Waals surface area contributed by atoms with Crippen molar-refractivity contribution in [2.24, 2.45) is 0 Å². The van der Waals surface area contributed by atoms with E-state index in [2.05, 4.69) is 25.6 Å². The second kappa shape index (κ2) is 7.00. The van der Waals surface area contributed by atoms with Crippen molar-refractivity contribution in [3.8, 4) is 0 Å². The van der Waals surface area contributed by atoms with E-state index in [1.165, 1.54) is 6.07 Å². The van der Waals surface area contributed by atoms with Crippen LogP contribution in [0.15, 0.2) is 24.3 Å². The van der Waals surface area contributed by atoms with Crippen molar-refractivity contribution in [1.82, 2.24) is 15.0 Å². The lowest BCUT2D eigenvalue weighted by Crippen LogP contribution is -2.11. The summed E-state index contributed by atoms with van der Waals surface area (Å²) in [4.78, 5) is 12.1. The van der Waals surface area contributed by atoms with Crippen LogP contribution in [0.25, 0.3) is 0 Å². The van der Waals surface area contributed by atoms with E-state index >= 15 is 0 Å². The molecule has 2 N–H and O–H groups in total. The van der Waals surface area contributed by atoms with E-state index in [9.17, 15) is 4.39 Å². The van der Waals surface area contributed by atoms with Gasteiger partial charge < -0.3 is 10.6 Å². The number of halogens is 2. The van der Waals surface area contributed by atoms with Gasteiger partial charge in [-0.1, -0.05) is 18.2 Å². The van der Waals surface area contributed by atoms with Gasteiger partial charge in [0.1, 0.15) is 5.82 Å². The van der Waals surface area contributed by atoms with E-state index < -0.39 is 0 Å². The van der Waals surface area contributed by atoms with E-state index in [4.69, 9.17) is 11.6 Å². The Morgan fingerprint density at radius 2 is 1.80 bits per heavy atom. The maximum absolute atomic E-state index is 13.4. The molecule has 0 amide bonds. The molecule has 2 aromatic rings. The van der Waals surface area contributed by atoms with Crippen molar-refractivity contribution in [3.05, 3.63) is 40.9 Å². The van der Waals surface area contributed by atoms with Gasteiger partial charge >= 0.3 is 0 Å². The average Bonchev–Trinajstić information content (AvgIpc) is 2.41. The molecular weight excluding hydrogens is 281 g/mol. The summed E-state index contributed by atoms with van der Waals surface area (Å²) in [6.07, 6.45) is 0.534. The molecule has 106 valence electrons. The summed E-state index contributed by atoms with van der Waals surface area (Å²) in [5.41, 5.74) is 0.645. The van der Waals surface area contributed by atoms with Crippen molar-refractivity contribution in [2.45, 2.75) is 13.3 Å². The van der Waals surface area contributed by atoms with E-state index in [-0.39, 0.29) is 11.1 Å². The smallest absolute Gasteiger partial charge is 0.228 e. The number of rotatable bonds is 6. The lowest BCUT2D eigenvalue weighted by molar-refractivity contribution is 0.610. The molecular formula is C13H15ClFN5. The van der Waals surface area contributed by atoms with Gasteiger partial charge in [0.05, 0.1) is 0 Å². The summed E-state index contributed by atoms with van der Waals surface area (Å²) in [6.45, 7) is 3.13. The van der Waals surface area contributed by atoms with Crippen LogP contribution in [0.1, 0.15) is 12.5 Å². The van der Waals surface area contributed by atoms with Gasteiger partial charge in [-0.05, 0) is 36.6 Å². The van der Waals surface area contributed by atoms with E-state index in [1.54, 1.807) is 12.1 Å². The van der Waals surface area contributed by atoms with E-state index in [0.717, 1.165) is 0 Å². The van der Waals surface area contributed by atoms with Crippen LogP contribution in [0.4, 0.5) is 16.3 Å². The molecule has 0 fully saturated rings. The Hall–Kier alpha value is -1.95. The van der Waals surface area contributed by atoms with Crippen molar-refractivity contribution in [3.63, 3.8) is 0 Å². The fraction of sp³-hybridized carbons (Fsp3) is 0.308. The van der Waals surface area contributed by atoms with Gasteiger partial charge in [0.15, 0.2) is 0 Å². The highest BCUT2D eigenvalue weighted by Gasteiger charge is 2.05. The molecule has 0 bridgehead atoms. The number of hydrogen-bond acceptors (Lipinski definition) is 5. The minimum Gasteiger partial charge on any atom is -0.354 e. The Morgan fingerprint density at radius 1 is 1.10 bits per heavy atom. The summed E-state index contributed by atoms with van der Waals surface area (Å²) in [7, 11) is 0. The quantitative estimate of drug-likeness (QED) is 0.858. The monoisotopic (exact) mass is 295 g/mol. The van der Waals surface area contributed by atoms with Crippen molar-refractivity contribution < 1.29 is 4.39 Å². The number of benzene rings is 1. The fourth-order valence-corrected chi connectivity index (χ4v) is 1.84. The molecule has 0 saturated heterocycles. The lowest BCUT2D eigenvalue weighted by Gasteiger charge is -2.07. The molecule has 1 aromatic heterocycles. The van der Waals surface area contributed by atoms with E-state index in [0.29, 0.717) is 37.0 Å². The second-order valence-electron chi connectivity index (χ2n) is 4.05. The molecule has 0 saturated carbocycles. The lowest BCUT2D eigenvalue weighted by atomic mass is 10.1. The van der Waals surface area contributed by atoms with Gasteiger partial charge in [0, 0.05) is 13.1 Å². The van der Waals surface area contributed by atoms with Gasteiger partial charge in [-0.15, -0.1) is 0 Å². The normalized spacial score (nSPS) is 10.3. The summed E-state index contributed by atoms with van der Waals surface area (Å²) in [6, 6.07) is 6.67. The minimum atomic E-state index is -0.212. The third-order valence-electron chi connectivity index (χ3n) is 2.58. The average molecular weight is 296 g/mol. The van der Waals surface area contributed by atoms with Crippen LogP contribution in [0.5, 0.6) is 0 Å². The Kier molecular flexibility index (Phi) is 5.06. The molecule has 1 heterocycles. The number of hydrogen-bond donors (Lipinski definition) is 2. The second-order valence-corrected chi connectivity index (χ2v) is 4.39. The van der Waals surface area contributed by atoms with Crippen LogP contribution in [0.3, 0.4) is 0 Å². The van der Waals surface area contributed by atoms with Crippen LogP contribution in [0, 0.1) is 5.82 Å². The summed E-state index contributed by atoms with van der Waals surface area (Å²) >= 11 is 5.80. The predicted octanol–water partition coefficient (Wildman–Crippen LogP) is 2.75. The molecule has 0 atom stereocenters. The molecule has 0 unspecified atom stereocenters. The standard InChI is InChI=1S/C13H15ClFN5/c1-2-16-12-18-11(14)19-13(20-12)17-8-7-9-5-3-4-6-10(9)15/h3-6H,2,7-8H2,1H3,(H2,16,17,18,19,20). The number of nitrogens with one attached hydrogen (secondary N) is 2. The van der Waals surface area contributed by atoms with Gasteiger partial charge in [0.25, 0.3) is 0 Å². The molecule has 7 heteroatoms. The first-order valence-electron chi connectivity index (χ1n) is 6.31. The molecule has 0 radical (unpaired) electrons. The van der Waals surface area contributed by atoms with Crippen LogP contribution in [0.2, 0.25) is 5.28 Å². The first-order chi connectivity index (χ1) is 9.69. The molecule has 20 heavy (non-hydrogen) atoms. The zero-order valence-electron chi connectivity index (χ0n) is 11.0. The van der Waals surface area contributed by atoms with Crippen molar-refractivity contribution >= 4 is 23.5 Å². The van der Waals surface area contributed by atoms with Crippen LogP contribution < -0.4 is 10.6 Å². The first kappa shape index (κ1) is 14.5. The predicted molar refractivity (Wildman–Crippen MR) is 77.6 cm³/mol. The largest absolute Gasteiger partial charge is 0.354 e. The molecule has 0 spiro atoms. The minimum absolute atomic E-state index is 0.115. The fourth-order valence-electron chi connectivity index (χ4n) is 1.68. The van der Waals surface area contributed by atoms with E-state index in [1.807, 2.05) is 13.0 Å². The molecule has 5 nitrogen and oxygen atoms in total. The highest BCUT2D eigenvalue weighted by atomic mass is 35.5. The SMILES string of the molecule is CCNc1nc(Cl)nc(NCCc2ccccc2F)n1. The number of nitrogens with zero attached hydrogens (tertiary/aromatic N) is 3. The van der Waals surface area contributed by atoms with Gasteiger partial charge in [-0.3, -0.25) is 0 Å². The Balaban J connectivity index is 1.95. The van der Waals surface area contributed by atoms with Crippen molar-refractivity contribution in [2.75, 3.05) is 23.7 Å². The zero-order chi connectivity index (χ0) is 14.4. The Morgan fingerprint density at radius 3 is 2.50 bits per heavy atom. The van der Waals surface area contributed by atoms with Crippen LogP contribution in [-0.2, 0) is 6.42 Å². The van der Waals surface area contributed by atoms with Crippen LogP contribution in [-0.4, -0.2) is 28.0 Å². The Bertz CT molecular complexity index is 578. The summed E-state index contributed by atoms with van der Waals surface area (Å²) in [5.74, 6) is 0.578. The molecule has 0 aliphatic carbocycles. The third kappa shape index (κ3) is 4.03. The van der Waals surface area contributed by atoms with Gasteiger partial charge in [-0.25, -0.2) is 4.39 Å². The molecule has 0 aliphatic heterocycles. The maximum atomic E-state index is 13.4. The first-order valence-corrected chi connectivity index (χ1v) is 6.69. The van der Waals surface area contributed by atoms with Gasteiger partial charge in [-0.2, -0.15) is 15.0 Å². The highest BCUT2D eigenvalue weighted by molar-refractivity contribution is 6.28. The van der Waals surface area contributed by atoms with Gasteiger partial charge in [0.2, 0.25) is 17.2 Å². The zero-order valence-corrected chi connectivity index (χ0v) is 11.8. The van der Waals surface area contributed by atoms with Crippen LogP contribution >= 0.6 is 11.6 Å². The number of anilines is 2. The van der Waals surface area contributed by atoms with Crippen molar-refractivity contribution in [1.29, 1.82) is 0 Å². The maximum Gasteiger partial charge on any atom is 0.228 e. The molecule has 1 aromatic carbocycles. The Labute approximate surface area is 121 Å². The topological polar surface area (TPSA) is 62.7 Å².